The molecule has 0 aliphatic heterocycles. The van der Waals surface area contributed by atoms with E-state index in [0.29, 0.717) is 17.5 Å². The summed E-state index contributed by atoms with van der Waals surface area (Å²) in [5.74, 6) is -1.63. The number of aromatic hydroxyl groups is 2. The van der Waals surface area contributed by atoms with Gasteiger partial charge < -0.3 is 15.3 Å². The van der Waals surface area contributed by atoms with Crippen LogP contribution in [-0.2, 0) is 16.0 Å². The van der Waals surface area contributed by atoms with E-state index in [1.54, 1.807) is 12.1 Å². The van der Waals surface area contributed by atoms with Gasteiger partial charge in [0.05, 0.1) is 0 Å². The molecule has 0 fully saturated rings. The van der Waals surface area contributed by atoms with Gasteiger partial charge in [-0.15, -0.1) is 0 Å². The van der Waals surface area contributed by atoms with Gasteiger partial charge in [0, 0.05) is 18.4 Å². The standard InChI is InChI=1S/C17H22O5/c1-2-3-4-5-13(18)8-6-12-7-10-15(19)17(22)14(12)9-11-16(20)21/h6-8,10,19,22H,2-5,9,11H2,1H3,(H,20,21). The summed E-state index contributed by atoms with van der Waals surface area (Å²) in [7, 11) is 0. The van der Waals surface area contributed by atoms with Crippen LogP contribution in [0, 0.1) is 0 Å². The number of hydrogen-bond acceptors (Lipinski definition) is 4. The summed E-state index contributed by atoms with van der Waals surface area (Å²) in [5, 5.41) is 28.1. The van der Waals surface area contributed by atoms with Gasteiger partial charge in [0.15, 0.2) is 17.3 Å². The Bertz CT molecular complexity index is 560. The lowest BCUT2D eigenvalue weighted by Gasteiger charge is -2.09. The predicted octanol–water partition coefficient (Wildman–Crippen LogP) is 3.28. The molecule has 0 heterocycles. The second-order valence-corrected chi connectivity index (χ2v) is 5.15. The van der Waals surface area contributed by atoms with Crippen LogP contribution in [0.15, 0.2) is 18.2 Å². The molecule has 1 aromatic carbocycles. The maximum absolute atomic E-state index is 11.7. The number of hydrogen-bond donors (Lipinski definition) is 3. The lowest BCUT2D eigenvalue weighted by atomic mass is 10.00. The minimum Gasteiger partial charge on any atom is -0.504 e. The molecular formula is C17H22O5. The first-order valence-electron chi connectivity index (χ1n) is 7.42. The molecule has 0 spiro atoms. The third-order valence-electron chi connectivity index (χ3n) is 3.36. The molecule has 0 amide bonds. The Morgan fingerprint density at radius 2 is 1.86 bits per heavy atom. The van der Waals surface area contributed by atoms with Crippen molar-refractivity contribution in [3.05, 3.63) is 29.3 Å². The van der Waals surface area contributed by atoms with Crippen LogP contribution < -0.4 is 0 Å². The lowest BCUT2D eigenvalue weighted by molar-refractivity contribution is -0.137. The van der Waals surface area contributed by atoms with Crippen molar-refractivity contribution in [2.24, 2.45) is 0 Å². The Morgan fingerprint density at radius 1 is 1.14 bits per heavy atom. The van der Waals surface area contributed by atoms with Gasteiger partial charge in [-0.1, -0.05) is 31.9 Å². The van der Waals surface area contributed by atoms with Crippen LogP contribution in [0.25, 0.3) is 6.08 Å². The molecule has 5 heteroatoms. The topological polar surface area (TPSA) is 94.8 Å². The smallest absolute Gasteiger partial charge is 0.303 e. The number of carboxylic acid groups (broad SMARTS) is 1. The fourth-order valence-electron chi connectivity index (χ4n) is 2.11. The van der Waals surface area contributed by atoms with Crippen molar-refractivity contribution in [2.75, 3.05) is 0 Å². The van der Waals surface area contributed by atoms with E-state index in [4.69, 9.17) is 5.11 Å². The molecule has 120 valence electrons. The van der Waals surface area contributed by atoms with E-state index in [2.05, 4.69) is 6.92 Å². The van der Waals surface area contributed by atoms with E-state index < -0.39 is 5.97 Å². The van der Waals surface area contributed by atoms with E-state index in [1.165, 1.54) is 12.1 Å². The molecular weight excluding hydrogens is 284 g/mol. The van der Waals surface area contributed by atoms with Crippen LogP contribution in [0.2, 0.25) is 0 Å². The molecule has 0 radical (unpaired) electrons. The second-order valence-electron chi connectivity index (χ2n) is 5.15. The molecule has 0 aliphatic carbocycles. The van der Waals surface area contributed by atoms with Crippen molar-refractivity contribution in [3.8, 4) is 11.5 Å². The van der Waals surface area contributed by atoms with Gasteiger partial charge in [0.25, 0.3) is 0 Å². The number of ketones is 1. The highest BCUT2D eigenvalue weighted by molar-refractivity contribution is 5.93. The number of phenolic OH excluding ortho intramolecular Hbond substituents is 2. The maximum Gasteiger partial charge on any atom is 0.303 e. The minimum atomic E-state index is -0.992. The number of phenols is 2. The first kappa shape index (κ1) is 17.8. The highest BCUT2D eigenvalue weighted by Gasteiger charge is 2.12. The summed E-state index contributed by atoms with van der Waals surface area (Å²) in [6.45, 7) is 2.06. The van der Waals surface area contributed by atoms with Gasteiger partial charge in [0.1, 0.15) is 0 Å². The maximum atomic E-state index is 11.7. The molecule has 0 unspecified atom stereocenters. The number of carbonyl (C=O) groups excluding carboxylic acids is 1. The number of carboxylic acids is 1. The summed E-state index contributed by atoms with van der Waals surface area (Å²) in [6, 6.07) is 2.88. The molecule has 0 saturated heterocycles. The van der Waals surface area contributed by atoms with E-state index in [9.17, 15) is 19.8 Å². The average molecular weight is 306 g/mol. The molecule has 1 rings (SSSR count). The summed E-state index contributed by atoms with van der Waals surface area (Å²) in [5.41, 5.74) is 0.875. The van der Waals surface area contributed by atoms with Gasteiger partial charge in [-0.25, -0.2) is 0 Å². The summed E-state index contributed by atoms with van der Waals surface area (Å²) in [6.07, 6.45) is 6.27. The molecule has 0 saturated carbocycles. The van der Waals surface area contributed by atoms with Gasteiger partial charge in [0.2, 0.25) is 0 Å². The van der Waals surface area contributed by atoms with Crippen LogP contribution >= 0.6 is 0 Å². The summed E-state index contributed by atoms with van der Waals surface area (Å²) in [4.78, 5) is 22.4. The summed E-state index contributed by atoms with van der Waals surface area (Å²) < 4.78 is 0. The Kier molecular flexibility index (Phi) is 7.16. The second kappa shape index (κ2) is 8.87. The number of aliphatic carboxylic acids is 1. The number of unbranched alkanes of at least 4 members (excludes halogenated alkanes) is 2. The van der Waals surface area contributed by atoms with E-state index in [1.807, 2.05) is 0 Å². The highest BCUT2D eigenvalue weighted by atomic mass is 16.4. The Balaban J connectivity index is 2.86. The monoisotopic (exact) mass is 306 g/mol. The molecule has 0 aliphatic rings. The highest BCUT2D eigenvalue weighted by Crippen LogP contribution is 2.33. The normalized spacial score (nSPS) is 11.0. The zero-order valence-electron chi connectivity index (χ0n) is 12.7. The molecule has 0 atom stereocenters. The van der Waals surface area contributed by atoms with Gasteiger partial charge in [-0.05, 0) is 30.5 Å². The van der Waals surface area contributed by atoms with Crippen LogP contribution in [0.3, 0.4) is 0 Å². The van der Waals surface area contributed by atoms with Gasteiger partial charge in [-0.2, -0.15) is 0 Å². The Morgan fingerprint density at radius 3 is 2.50 bits per heavy atom. The molecule has 3 N–H and O–H groups in total. The fourth-order valence-corrected chi connectivity index (χ4v) is 2.11. The Hall–Kier alpha value is -2.30. The zero-order chi connectivity index (χ0) is 16.5. The molecule has 22 heavy (non-hydrogen) atoms. The lowest BCUT2D eigenvalue weighted by Crippen LogP contribution is -2.00. The molecule has 0 bridgehead atoms. The van der Waals surface area contributed by atoms with Crippen molar-refractivity contribution < 1.29 is 24.9 Å². The minimum absolute atomic E-state index is 0.00907. The number of allylic oxidation sites excluding steroid dienone is 1. The molecule has 5 nitrogen and oxygen atoms in total. The third kappa shape index (κ3) is 5.60. The first-order chi connectivity index (χ1) is 10.5. The number of carbonyl (C=O) groups is 2. The third-order valence-corrected chi connectivity index (χ3v) is 3.36. The van der Waals surface area contributed by atoms with Crippen molar-refractivity contribution in [1.82, 2.24) is 0 Å². The molecule has 0 aromatic heterocycles. The van der Waals surface area contributed by atoms with E-state index in [-0.39, 0.29) is 30.1 Å². The number of rotatable bonds is 9. The Labute approximate surface area is 129 Å². The van der Waals surface area contributed by atoms with Crippen molar-refractivity contribution in [2.45, 2.75) is 45.4 Å². The van der Waals surface area contributed by atoms with Crippen LogP contribution in [-0.4, -0.2) is 27.1 Å². The quantitative estimate of drug-likeness (QED) is 0.370. The zero-order valence-corrected chi connectivity index (χ0v) is 12.7. The van der Waals surface area contributed by atoms with Crippen molar-refractivity contribution >= 4 is 17.8 Å². The van der Waals surface area contributed by atoms with Crippen molar-refractivity contribution in [1.29, 1.82) is 0 Å². The largest absolute Gasteiger partial charge is 0.504 e. The SMILES string of the molecule is CCCCCC(=O)C=Cc1ccc(O)c(O)c1CCC(=O)O. The fraction of sp³-hybridized carbons (Fsp3) is 0.412. The van der Waals surface area contributed by atoms with Gasteiger partial charge in [-0.3, -0.25) is 9.59 Å². The van der Waals surface area contributed by atoms with Crippen LogP contribution in [0.1, 0.15) is 50.2 Å². The summed E-state index contributed by atoms with van der Waals surface area (Å²) >= 11 is 0. The van der Waals surface area contributed by atoms with E-state index >= 15 is 0 Å². The average Bonchev–Trinajstić information content (AvgIpc) is 2.47. The first-order valence-corrected chi connectivity index (χ1v) is 7.42. The predicted molar refractivity (Wildman–Crippen MR) is 83.9 cm³/mol. The number of benzene rings is 1. The van der Waals surface area contributed by atoms with E-state index in [0.717, 1.165) is 19.3 Å². The van der Waals surface area contributed by atoms with Gasteiger partial charge >= 0.3 is 5.97 Å². The van der Waals surface area contributed by atoms with Crippen LogP contribution in [0.4, 0.5) is 0 Å². The van der Waals surface area contributed by atoms with Crippen LogP contribution in [0.5, 0.6) is 11.5 Å². The van der Waals surface area contributed by atoms with Crippen molar-refractivity contribution in [3.63, 3.8) is 0 Å². The molecule has 1 aromatic rings.